The Kier molecular flexibility index (Phi) is 3.01. The molecule has 0 radical (unpaired) electrons. The first-order chi connectivity index (χ1) is 8.46. The van der Waals surface area contributed by atoms with Crippen LogP contribution in [0, 0.1) is 0 Å². The van der Waals surface area contributed by atoms with E-state index in [0.29, 0.717) is 6.42 Å². The molecule has 18 heavy (non-hydrogen) atoms. The predicted molar refractivity (Wildman–Crippen MR) is 71.3 cm³/mol. The Hall–Kier alpha value is -0.420. The SMILES string of the molecule is CC1(C)O[C@@H]2[C@H](O1)[C@@H](c1cccc(Br)c1)C[C@@H]2O. The van der Waals surface area contributed by atoms with Crippen molar-refractivity contribution in [3.8, 4) is 0 Å². The first-order valence-electron chi connectivity index (χ1n) is 6.25. The summed E-state index contributed by atoms with van der Waals surface area (Å²) in [6, 6.07) is 8.19. The van der Waals surface area contributed by atoms with Crippen LogP contribution in [0.4, 0.5) is 0 Å². The van der Waals surface area contributed by atoms with Crippen LogP contribution in [-0.2, 0) is 9.47 Å². The zero-order valence-electron chi connectivity index (χ0n) is 10.5. The first-order valence-corrected chi connectivity index (χ1v) is 7.05. The minimum Gasteiger partial charge on any atom is -0.390 e. The van der Waals surface area contributed by atoms with Crippen LogP contribution in [0.25, 0.3) is 0 Å². The van der Waals surface area contributed by atoms with E-state index in [-0.39, 0.29) is 18.1 Å². The lowest BCUT2D eigenvalue weighted by Gasteiger charge is -2.22. The molecule has 4 atom stereocenters. The van der Waals surface area contributed by atoms with Crippen LogP contribution < -0.4 is 0 Å². The van der Waals surface area contributed by atoms with E-state index in [9.17, 15) is 5.11 Å². The molecule has 1 aliphatic heterocycles. The van der Waals surface area contributed by atoms with Crippen LogP contribution in [0.5, 0.6) is 0 Å². The molecule has 1 saturated carbocycles. The second kappa shape index (κ2) is 4.30. The van der Waals surface area contributed by atoms with Gasteiger partial charge in [0.15, 0.2) is 5.79 Å². The zero-order chi connectivity index (χ0) is 12.9. The molecule has 1 N–H and O–H groups in total. The van der Waals surface area contributed by atoms with Gasteiger partial charge in [0.05, 0.1) is 12.2 Å². The van der Waals surface area contributed by atoms with Crippen molar-refractivity contribution in [1.82, 2.24) is 0 Å². The molecule has 1 aliphatic carbocycles. The molecule has 0 bridgehead atoms. The van der Waals surface area contributed by atoms with Gasteiger partial charge in [0.1, 0.15) is 6.10 Å². The van der Waals surface area contributed by atoms with E-state index in [4.69, 9.17) is 9.47 Å². The highest BCUT2D eigenvalue weighted by Gasteiger charge is 2.53. The van der Waals surface area contributed by atoms with Crippen molar-refractivity contribution in [2.45, 2.75) is 50.3 Å². The largest absolute Gasteiger partial charge is 0.390 e. The molecule has 4 heteroatoms. The Morgan fingerprint density at radius 3 is 2.72 bits per heavy atom. The molecule has 1 aromatic carbocycles. The van der Waals surface area contributed by atoms with Gasteiger partial charge >= 0.3 is 0 Å². The summed E-state index contributed by atoms with van der Waals surface area (Å²) < 4.78 is 12.8. The normalized spacial score (nSPS) is 37.8. The molecule has 2 aliphatic rings. The fourth-order valence-corrected chi connectivity index (χ4v) is 3.43. The summed E-state index contributed by atoms with van der Waals surface area (Å²) in [5.41, 5.74) is 1.19. The average Bonchev–Trinajstić information content (AvgIpc) is 2.74. The summed E-state index contributed by atoms with van der Waals surface area (Å²) in [6.45, 7) is 3.80. The van der Waals surface area contributed by atoms with E-state index < -0.39 is 11.9 Å². The van der Waals surface area contributed by atoms with Gasteiger partial charge in [-0.1, -0.05) is 28.1 Å². The second-order valence-corrected chi connectivity index (χ2v) is 6.44. The summed E-state index contributed by atoms with van der Waals surface area (Å²) in [7, 11) is 0. The molecule has 1 aromatic rings. The predicted octanol–water partition coefficient (Wildman–Crippen LogP) is 2.82. The van der Waals surface area contributed by atoms with Crippen LogP contribution in [0.3, 0.4) is 0 Å². The van der Waals surface area contributed by atoms with Gasteiger partial charge in [0, 0.05) is 10.4 Å². The monoisotopic (exact) mass is 312 g/mol. The van der Waals surface area contributed by atoms with Gasteiger partial charge in [0.2, 0.25) is 0 Å². The van der Waals surface area contributed by atoms with Crippen LogP contribution in [0.15, 0.2) is 28.7 Å². The zero-order valence-corrected chi connectivity index (χ0v) is 12.1. The van der Waals surface area contributed by atoms with Gasteiger partial charge in [-0.15, -0.1) is 0 Å². The van der Waals surface area contributed by atoms with Gasteiger partial charge in [-0.25, -0.2) is 0 Å². The molecule has 1 saturated heterocycles. The summed E-state index contributed by atoms with van der Waals surface area (Å²) in [5, 5.41) is 10.1. The summed E-state index contributed by atoms with van der Waals surface area (Å²) in [5.74, 6) is -0.398. The van der Waals surface area contributed by atoms with Crippen molar-refractivity contribution < 1.29 is 14.6 Å². The Bertz CT molecular complexity index is 460. The van der Waals surface area contributed by atoms with E-state index >= 15 is 0 Å². The smallest absolute Gasteiger partial charge is 0.163 e. The third kappa shape index (κ3) is 2.11. The maximum absolute atomic E-state index is 10.1. The van der Waals surface area contributed by atoms with E-state index in [1.54, 1.807) is 0 Å². The van der Waals surface area contributed by atoms with E-state index in [1.165, 1.54) is 5.56 Å². The van der Waals surface area contributed by atoms with E-state index in [2.05, 4.69) is 28.1 Å². The summed E-state index contributed by atoms with van der Waals surface area (Å²) in [6.07, 6.45) is -0.00367. The van der Waals surface area contributed by atoms with Gasteiger partial charge in [-0.05, 0) is 38.0 Å². The number of aliphatic hydroxyl groups excluding tert-OH is 1. The number of aliphatic hydroxyl groups is 1. The maximum atomic E-state index is 10.1. The summed E-state index contributed by atoms with van der Waals surface area (Å²) in [4.78, 5) is 0. The second-order valence-electron chi connectivity index (χ2n) is 5.53. The molecule has 3 rings (SSSR count). The summed E-state index contributed by atoms with van der Waals surface area (Å²) >= 11 is 3.48. The fraction of sp³-hybridized carbons (Fsp3) is 0.571. The van der Waals surface area contributed by atoms with Crippen molar-refractivity contribution in [1.29, 1.82) is 0 Å². The topological polar surface area (TPSA) is 38.7 Å². The van der Waals surface area contributed by atoms with Crippen LogP contribution in [-0.4, -0.2) is 29.2 Å². The molecule has 2 fully saturated rings. The first kappa shape index (κ1) is 12.6. The number of halogens is 1. The van der Waals surface area contributed by atoms with Crippen molar-refractivity contribution in [2.24, 2.45) is 0 Å². The Morgan fingerprint density at radius 2 is 2.00 bits per heavy atom. The number of hydrogen-bond acceptors (Lipinski definition) is 3. The van der Waals surface area contributed by atoms with Gasteiger partial charge in [-0.2, -0.15) is 0 Å². The van der Waals surface area contributed by atoms with Crippen LogP contribution >= 0.6 is 15.9 Å². The Balaban J connectivity index is 1.90. The third-order valence-corrected chi connectivity index (χ3v) is 4.20. The van der Waals surface area contributed by atoms with Crippen molar-refractivity contribution >= 4 is 15.9 Å². The van der Waals surface area contributed by atoms with Crippen LogP contribution in [0.2, 0.25) is 0 Å². The van der Waals surface area contributed by atoms with Crippen molar-refractivity contribution in [3.63, 3.8) is 0 Å². The van der Waals surface area contributed by atoms with E-state index in [1.807, 2.05) is 26.0 Å². The minimum atomic E-state index is -0.596. The molecule has 0 aromatic heterocycles. The number of rotatable bonds is 1. The van der Waals surface area contributed by atoms with Crippen molar-refractivity contribution in [2.75, 3.05) is 0 Å². The average molecular weight is 313 g/mol. The van der Waals surface area contributed by atoms with Gasteiger partial charge in [0.25, 0.3) is 0 Å². The molecular weight excluding hydrogens is 296 g/mol. The molecule has 3 nitrogen and oxygen atoms in total. The Morgan fingerprint density at radius 1 is 1.28 bits per heavy atom. The highest BCUT2D eigenvalue weighted by atomic mass is 79.9. The van der Waals surface area contributed by atoms with Gasteiger partial charge in [-0.3, -0.25) is 0 Å². The molecular formula is C14H17BrO3. The number of hydrogen-bond donors (Lipinski definition) is 1. The highest BCUT2D eigenvalue weighted by Crippen LogP contribution is 2.46. The molecule has 0 spiro atoms. The molecule has 0 amide bonds. The standard InChI is InChI=1S/C14H17BrO3/c1-14(2)17-12-10(7-11(16)13(12)18-14)8-4-3-5-9(15)6-8/h3-6,10-13,16H,7H2,1-2H3/t10-,11+,12-,13+/m1/s1. The van der Waals surface area contributed by atoms with Gasteiger partial charge < -0.3 is 14.6 Å². The minimum absolute atomic E-state index is 0.0516. The van der Waals surface area contributed by atoms with Crippen LogP contribution in [0.1, 0.15) is 31.7 Å². The lowest BCUT2D eigenvalue weighted by atomic mass is 9.95. The third-order valence-electron chi connectivity index (χ3n) is 3.71. The molecule has 98 valence electrons. The van der Waals surface area contributed by atoms with E-state index in [0.717, 1.165) is 4.47 Å². The lowest BCUT2D eigenvalue weighted by Crippen LogP contribution is -2.28. The maximum Gasteiger partial charge on any atom is 0.163 e. The number of benzene rings is 1. The van der Waals surface area contributed by atoms with Crippen molar-refractivity contribution in [3.05, 3.63) is 34.3 Å². The molecule has 1 heterocycles. The molecule has 0 unspecified atom stereocenters. The Labute approximate surface area is 115 Å². The highest BCUT2D eigenvalue weighted by molar-refractivity contribution is 9.10. The fourth-order valence-electron chi connectivity index (χ4n) is 3.02. The number of fused-ring (bicyclic) bond motifs is 1. The number of ether oxygens (including phenoxy) is 2. The lowest BCUT2D eigenvalue weighted by molar-refractivity contribution is -0.163. The quantitative estimate of drug-likeness (QED) is 0.866.